The molecule has 0 aromatic heterocycles. The highest BCUT2D eigenvalue weighted by atomic mass is 35.5. The summed E-state index contributed by atoms with van der Waals surface area (Å²) in [6.45, 7) is 3.54. The van der Waals surface area contributed by atoms with Crippen LogP contribution in [0.3, 0.4) is 0 Å². The van der Waals surface area contributed by atoms with E-state index in [1.807, 2.05) is 0 Å². The molecule has 0 aliphatic rings. The molecule has 0 saturated heterocycles. The van der Waals surface area contributed by atoms with Crippen LogP contribution < -0.4 is 11.1 Å². The van der Waals surface area contributed by atoms with Gasteiger partial charge in [-0.2, -0.15) is 13.2 Å². The summed E-state index contributed by atoms with van der Waals surface area (Å²) < 4.78 is 38.0. The van der Waals surface area contributed by atoms with Gasteiger partial charge in [-0.25, -0.2) is 0 Å². The lowest BCUT2D eigenvalue weighted by Crippen LogP contribution is -2.33. The highest BCUT2D eigenvalue weighted by molar-refractivity contribution is 6.31. The summed E-state index contributed by atoms with van der Waals surface area (Å²) in [5, 5.41) is 2.00. The van der Waals surface area contributed by atoms with E-state index in [0.717, 1.165) is 12.1 Å². The lowest BCUT2D eigenvalue weighted by Gasteiger charge is -2.17. The monoisotopic (exact) mass is 308 g/mol. The Labute approximate surface area is 120 Å². The fourth-order valence-electron chi connectivity index (χ4n) is 1.48. The Bertz CT molecular complexity index is 495. The first-order valence-corrected chi connectivity index (χ1v) is 6.32. The van der Waals surface area contributed by atoms with Crippen LogP contribution in [0.25, 0.3) is 0 Å². The van der Waals surface area contributed by atoms with Crippen molar-refractivity contribution in [3.8, 4) is 0 Å². The van der Waals surface area contributed by atoms with Crippen molar-refractivity contribution in [2.24, 2.45) is 5.73 Å². The molecule has 112 valence electrons. The van der Waals surface area contributed by atoms with Gasteiger partial charge in [0.25, 0.3) is 0 Å². The molecule has 0 heterocycles. The van der Waals surface area contributed by atoms with E-state index in [1.165, 1.54) is 6.07 Å². The lowest BCUT2D eigenvalue weighted by atomic mass is 10.00. The minimum Gasteiger partial charge on any atom is -0.326 e. The third-order valence-electron chi connectivity index (χ3n) is 2.55. The number of carbonyl (C=O) groups excluding carboxylic acids is 1. The van der Waals surface area contributed by atoms with Gasteiger partial charge in [0.05, 0.1) is 10.6 Å². The lowest BCUT2D eigenvalue weighted by molar-refractivity contribution is -0.137. The number of nitrogens with one attached hydrogen (secondary N) is 1. The molecule has 0 radical (unpaired) electrons. The fourth-order valence-corrected chi connectivity index (χ4v) is 1.70. The van der Waals surface area contributed by atoms with E-state index >= 15 is 0 Å². The molecule has 0 aliphatic heterocycles. The Kier molecular flexibility index (Phi) is 5.05. The van der Waals surface area contributed by atoms with Crippen molar-refractivity contribution in [3.05, 3.63) is 28.8 Å². The van der Waals surface area contributed by atoms with Crippen LogP contribution in [-0.2, 0) is 11.0 Å². The molecular weight excluding hydrogens is 293 g/mol. The summed E-state index contributed by atoms with van der Waals surface area (Å²) in [7, 11) is 0. The van der Waals surface area contributed by atoms with Crippen LogP contribution >= 0.6 is 11.6 Å². The van der Waals surface area contributed by atoms with Crippen molar-refractivity contribution in [1.29, 1.82) is 0 Å². The third kappa shape index (κ3) is 5.38. The van der Waals surface area contributed by atoms with E-state index in [2.05, 4.69) is 5.32 Å². The van der Waals surface area contributed by atoms with Crippen molar-refractivity contribution in [2.45, 2.75) is 38.4 Å². The molecule has 0 saturated carbocycles. The topological polar surface area (TPSA) is 55.1 Å². The van der Waals surface area contributed by atoms with Crippen LogP contribution in [-0.4, -0.2) is 11.4 Å². The van der Waals surface area contributed by atoms with Gasteiger partial charge < -0.3 is 11.1 Å². The number of carbonyl (C=O) groups is 1. The van der Waals surface area contributed by atoms with Gasteiger partial charge in [-0.15, -0.1) is 0 Å². The highest BCUT2D eigenvalue weighted by Gasteiger charge is 2.33. The van der Waals surface area contributed by atoms with E-state index in [9.17, 15) is 18.0 Å². The number of benzene rings is 1. The van der Waals surface area contributed by atoms with Gasteiger partial charge in [-0.05, 0) is 38.5 Å². The zero-order valence-corrected chi connectivity index (χ0v) is 11.9. The number of anilines is 1. The zero-order valence-electron chi connectivity index (χ0n) is 11.1. The molecule has 0 atom stereocenters. The van der Waals surface area contributed by atoms with E-state index in [4.69, 9.17) is 17.3 Å². The van der Waals surface area contributed by atoms with Gasteiger partial charge in [-0.3, -0.25) is 4.79 Å². The molecule has 0 fully saturated rings. The summed E-state index contributed by atoms with van der Waals surface area (Å²) in [5.74, 6) is -0.390. The molecule has 3 nitrogen and oxygen atoms in total. The molecule has 20 heavy (non-hydrogen) atoms. The molecule has 0 aliphatic carbocycles. The third-order valence-corrected chi connectivity index (χ3v) is 2.88. The second-order valence-corrected chi connectivity index (χ2v) is 5.64. The van der Waals surface area contributed by atoms with Crippen molar-refractivity contribution in [1.82, 2.24) is 0 Å². The first-order chi connectivity index (χ1) is 8.99. The molecule has 7 heteroatoms. The maximum atomic E-state index is 12.7. The Morgan fingerprint density at radius 3 is 2.45 bits per heavy atom. The van der Waals surface area contributed by atoms with Crippen LogP contribution in [0.1, 0.15) is 32.3 Å². The number of amides is 1. The van der Waals surface area contributed by atoms with Gasteiger partial charge in [0.1, 0.15) is 0 Å². The molecule has 0 spiro atoms. The van der Waals surface area contributed by atoms with Crippen LogP contribution in [0.5, 0.6) is 0 Å². The minimum absolute atomic E-state index is 0.0570. The van der Waals surface area contributed by atoms with E-state index in [-0.39, 0.29) is 18.0 Å². The Hall–Kier alpha value is -1.27. The normalized spacial score (nSPS) is 12.3. The first kappa shape index (κ1) is 16.8. The predicted octanol–water partition coefficient (Wildman–Crippen LogP) is 3.81. The smallest absolute Gasteiger partial charge is 0.326 e. The SMILES string of the molecule is CC(C)(N)CCC(=O)Nc1ccc(Cl)c(C(F)(F)F)c1. The number of hydrogen-bond acceptors (Lipinski definition) is 2. The van der Waals surface area contributed by atoms with Crippen LogP contribution in [0, 0.1) is 0 Å². The first-order valence-electron chi connectivity index (χ1n) is 5.94. The molecule has 1 aromatic rings. The highest BCUT2D eigenvalue weighted by Crippen LogP contribution is 2.36. The number of alkyl halides is 3. The van der Waals surface area contributed by atoms with Crippen molar-refractivity contribution in [2.75, 3.05) is 5.32 Å². The molecule has 1 rings (SSSR count). The van der Waals surface area contributed by atoms with Gasteiger partial charge in [0, 0.05) is 17.6 Å². The average molecular weight is 309 g/mol. The fraction of sp³-hybridized carbons (Fsp3) is 0.462. The van der Waals surface area contributed by atoms with Crippen molar-refractivity contribution >= 4 is 23.2 Å². The van der Waals surface area contributed by atoms with Crippen LogP contribution in [0.15, 0.2) is 18.2 Å². The average Bonchev–Trinajstić information content (AvgIpc) is 2.27. The standard InChI is InChI=1S/C13H16ClF3N2O/c1-12(2,18)6-5-11(20)19-8-3-4-10(14)9(7-8)13(15,16)17/h3-4,7H,5-6,18H2,1-2H3,(H,19,20). The van der Waals surface area contributed by atoms with Crippen molar-refractivity contribution in [3.63, 3.8) is 0 Å². The summed E-state index contributed by atoms with van der Waals surface area (Å²) in [4.78, 5) is 11.6. The Morgan fingerprint density at radius 1 is 1.35 bits per heavy atom. The van der Waals surface area contributed by atoms with Crippen LogP contribution in [0.4, 0.5) is 18.9 Å². The number of halogens is 4. The molecular formula is C13H16ClF3N2O. The minimum atomic E-state index is -4.56. The molecule has 0 unspecified atom stereocenters. The van der Waals surface area contributed by atoms with Crippen LogP contribution in [0.2, 0.25) is 5.02 Å². The zero-order chi connectivity index (χ0) is 15.6. The van der Waals surface area contributed by atoms with Gasteiger partial charge in [0.15, 0.2) is 0 Å². The molecule has 1 amide bonds. The largest absolute Gasteiger partial charge is 0.417 e. The van der Waals surface area contributed by atoms with Gasteiger partial charge >= 0.3 is 6.18 Å². The maximum absolute atomic E-state index is 12.7. The number of nitrogens with two attached hydrogens (primary N) is 1. The van der Waals surface area contributed by atoms with Gasteiger partial charge in [-0.1, -0.05) is 11.6 Å². The quantitative estimate of drug-likeness (QED) is 0.888. The summed E-state index contributed by atoms with van der Waals surface area (Å²) >= 11 is 5.49. The summed E-state index contributed by atoms with van der Waals surface area (Å²) in [5.41, 5.74) is 4.31. The van der Waals surface area contributed by atoms with E-state index in [0.29, 0.717) is 6.42 Å². The van der Waals surface area contributed by atoms with E-state index in [1.54, 1.807) is 13.8 Å². The number of hydrogen-bond donors (Lipinski definition) is 2. The molecule has 0 bridgehead atoms. The Morgan fingerprint density at radius 2 is 1.95 bits per heavy atom. The van der Waals surface area contributed by atoms with E-state index < -0.39 is 22.3 Å². The predicted molar refractivity (Wildman–Crippen MR) is 72.6 cm³/mol. The van der Waals surface area contributed by atoms with Crippen molar-refractivity contribution < 1.29 is 18.0 Å². The number of rotatable bonds is 4. The molecule has 1 aromatic carbocycles. The molecule has 3 N–H and O–H groups in total. The van der Waals surface area contributed by atoms with Gasteiger partial charge in [0.2, 0.25) is 5.91 Å². The second kappa shape index (κ2) is 6.01. The maximum Gasteiger partial charge on any atom is 0.417 e. The summed E-state index contributed by atoms with van der Waals surface area (Å²) in [6, 6.07) is 3.24. The second-order valence-electron chi connectivity index (χ2n) is 5.23. The Balaban J connectivity index is 2.77. The summed E-state index contributed by atoms with van der Waals surface area (Å²) in [6.07, 6.45) is -4.00.